The van der Waals surface area contributed by atoms with E-state index in [4.69, 9.17) is 0 Å². The highest BCUT2D eigenvalue weighted by Gasteiger charge is 2.13. The van der Waals surface area contributed by atoms with Gasteiger partial charge in [0.1, 0.15) is 0 Å². The van der Waals surface area contributed by atoms with Gasteiger partial charge in [0.2, 0.25) is 11.8 Å². The van der Waals surface area contributed by atoms with E-state index in [2.05, 4.69) is 16.8 Å². The van der Waals surface area contributed by atoms with Gasteiger partial charge < -0.3 is 15.1 Å². The second-order valence-electron chi connectivity index (χ2n) is 5.79. The van der Waals surface area contributed by atoms with Gasteiger partial charge in [0.25, 0.3) is 0 Å². The molecule has 1 N–H and O–H groups in total. The van der Waals surface area contributed by atoms with Crippen LogP contribution in [0.25, 0.3) is 0 Å². The summed E-state index contributed by atoms with van der Waals surface area (Å²) in [5, 5.41) is 2.87. The van der Waals surface area contributed by atoms with Crippen LogP contribution in [0.3, 0.4) is 0 Å². The number of benzene rings is 1. The van der Waals surface area contributed by atoms with E-state index in [0.29, 0.717) is 13.1 Å². The smallest absolute Gasteiger partial charge is 0.226 e. The molecule has 0 aromatic heterocycles. The maximum atomic E-state index is 12.0. The first-order chi connectivity index (χ1) is 11.1. The third-order valence-corrected chi connectivity index (χ3v) is 4.03. The normalized spacial score (nSPS) is 13.7. The highest BCUT2D eigenvalue weighted by atomic mass is 16.2. The Morgan fingerprint density at radius 2 is 1.91 bits per heavy atom. The second-order valence-corrected chi connectivity index (χ2v) is 5.79. The first-order valence-electron chi connectivity index (χ1n) is 8.11. The van der Waals surface area contributed by atoms with Crippen molar-refractivity contribution >= 4 is 23.2 Å². The van der Waals surface area contributed by atoms with Crippen LogP contribution in [0.5, 0.6) is 0 Å². The third-order valence-electron chi connectivity index (χ3n) is 4.03. The van der Waals surface area contributed by atoms with Gasteiger partial charge in [0.05, 0.1) is 0 Å². The molecule has 23 heavy (non-hydrogen) atoms. The van der Waals surface area contributed by atoms with E-state index < -0.39 is 0 Å². The second kappa shape index (κ2) is 8.36. The molecule has 0 saturated carbocycles. The number of carbonyl (C=O) groups excluding carboxylic acids is 2. The molecule has 5 nitrogen and oxygen atoms in total. The van der Waals surface area contributed by atoms with E-state index >= 15 is 0 Å². The van der Waals surface area contributed by atoms with Gasteiger partial charge in [0, 0.05) is 50.9 Å². The van der Waals surface area contributed by atoms with Crippen molar-refractivity contribution in [1.29, 1.82) is 0 Å². The number of nitrogens with one attached hydrogen (secondary N) is 1. The molecule has 1 aromatic rings. The molecule has 0 radical (unpaired) electrons. The number of carbonyl (C=O) groups is 2. The van der Waals surface area contributed by atoms with Crippen LogP contribution in [0.1, 0.15) is 26.2 Å². The van der Waals surface area contributed by atoms with Crippen LogP contribution in [-0.2, 0) is 9.59 Å². The molecule has 1 aliphatic heterocycles. The monoisotopic (exact) mass is 315 g/mol. The van der Waals surface area contributed by atoms with E-state index in [-0.39, 0.29) is 18.2 Å². The van der Waals surface area contributed by atoms with Crippen LogP contribution in [-0.4, -0.2) is 42.9 Å². The average Bonchev–Trinajstić information content (AvgIpc) is 3.06. The fourth-order valence-corrected chi connectivity index (χ4v) is 2.72. The molecule has 2 rings (SSSR count). The minimum atomic E-state index is -0.0887. The number of amides is 2. The fraction of sp³-hybridized carbons (Fsp3) is 0.444. The maximum Gasteiger partial charge on any atom is 0.226 e. The summed E-state index contributed by atoms with van der Waals surface area (Å²) in [5.74, 6) is -0.137. The Hall–Kier alpha value is -2.30. The lowest BCUT2D eigenvalue weighted by Gasteiger charge is -2.19. The lowest BCUT2D eigenvalue weighted by atomic mass is 10.2. The standard InChI is InChI=1S/C18H25N3O2/c1-3-11-20(15(2)22)14-10-18(23)19-16-6-8-17(9-7-16)21-12-4-5-13-21/h3,6-9H,1,4-5,10-14H2,2H3,(H,19,23). The highest BCUT2D eigenvalue weighted by molar-refractivity contribution is 5.91. The number of nitrogens with zero attached hydrogens (tertiary/aromatic N) is 2. The van der Waals surface area contributed by atoms with Gasteiger partial charge >= 0.3 is 0 Å². The largest absolute Gasteiger partial charge is 0.372 e. The molecule has 1 fully saturated rings. The third kappa shape index (κ3) is 5.13. The summed E-state index contributed by atoms with van der Waals surface area (Å²) < 4.78 is 0. The maximum absolute atomic E-state index is 12.0. The van der Waals surface area contributed by atoms with Gasteiger partial charge in [-0.25, -0.2) is 0 Å². The van der Waals surface area contributed by atoms with Gasteiger partial charge in [-0.15, -0.1) is 6.58 Å². The quantitative estimate of drug-likeness (QED) is 0.787. The molecule has 0 aliphatic carbocycles. The van der Waals surface area contributed by atoms with Crippen LogP contribution in [0.15, 0.2) is 36.9 Å². The van der Waals surface area contributed by atoms with Crippen LogP contribution in [0.4, 0.5) is 11.4 Å². The Bertz CT molecular complexity index is 548. The summed E-state index contributed by atoms with van der Waals surface area (Å²) in [6.07, 6.45) is 4.43. The van der Waals surface area contributed by atoms with E-state index in [1.807, 2.05) is 24.3 Å². The summed E-state index contributed by atoms with van der Waals surface area (Å²) in [6, 6.07) is 7.94. The Labute approximate surface area is 138 Å². The Morgan fingerprint density at radius 3 is 2.48 bits per heavy atom. The number of anilines is 2. The molecule has 1 aromatic carbocycles. The molecular weight excluding hydrogens is 290 g/mol. The first kappa shape index (κ1) is 17.1. The molecular formula is C18H25N3O2. The minimum absolute atomic E-state index is 0.0485. The molecule has 1 saturated heterocycles. The molecule has 1 heterocycles. The van der Waals surface area contributed by atoms with Gasteiger partial charge in [0.15, 0.2) is 0 Å². The minimum Gasteiger partial charge on any atom is -0.372 e. The topological polar surface area (TPSA) is 52.7 Å². The van der Waals surface area contributed by atoms with Crippen molar-refractivity contribution in [3.8, 4) is 0 Å². The predicted octanol–water partition coefficient (Wildman–Crippen LogP) is 2.65. The number of hydrogen-bond donors (Lipinski definition) is 1. The summed E-state index contributed by atoms with van der Waals surface area (Å²) in [7, 11) is 0. The van der Waals surface area contributed by atoms with Crippen LogP contribution < -0.4 is 10.2 Å². The molecule has 0 unspecified atom stereocenters. The van der Waals surface area contributed by atoms with Crippen LogP contribution in [0.2, 0.25) is 0 Å². The SMILES string of the molecule is C=CCN(CCC(=O)Nc1ccc(N2CCCC2)cc1)C(C)=O. The molecule has 124 valence electrons. The zero-order valence-electron chi connectivity index (χ0n) is 13.8. The summed E-state index contributed by atoms with van der Waals surface area (Å²) in [5.41, 5.74) is 1.99. The molecule has 5 heteroatoms. The Balaban J connectivity index is 1.82. The molecule has 0 bridgehead atoms. The van der Waals surface area contributed by atoms with Crippen molar-refractivity contribution in [3.05, 3.63) is 36.9 Å². The van der Waals surface area contributed by atoms with Gasteiger partial charge in [-0.2, -0.15) is 0 Å². The fourth-order valence-electron chi connectivity index (χ4n) is 2.72. The van der Waals surface area contributed by atoms with Crippen molar-refractivity contribution < 1.29 is 9.59 Å². The molecule has 1 aliphatic rings. The van der Waals surface area contributed by atoms with Gasteiger partial charge in [-0.3, -0.25) is 9.59 Å². The van der Waals surface area contributed by atoms with Crippen molar-refractivity contribution in [2.75, 3.05) is 36.4 Å². The average molecular weight is 315 g/mol. The van der Waals surface area contributed by atoms with Gasteiger partial charge in [-0.1, -0.05) is 6.08 Å². The van der Waals surface area contributed by atoms with Crippen LogP contribution in [0, 0.1) is 0 Å². The van der Waals surface area contributed by atoms with E-state index in [0.717, 1.165) is 18.8 Å². The van der Waals surface area contributed by atoms with Crippen molar-refractivity contribution in [2.45, 2.75) is 26.2 Å². The van der Waals surface area contributed by atoms with Crippen molar-refractivity contribution in [1.82, 2.24) is 4.90 Å². The zero-order valence-corrected chi connectivity index (χ0v) is 13.8. The van der Waals surface area contributed by atoms with Crippen molar-refractivity contribution in [2.24, 2.45) is 0 Å². The number of rotatable bonds is 7. The lowest BCUT2D eigenvalue weighted by Crippen LogP contribution is -2.32. The van der Waals surface area contributed by atoms with E-state index in [9.17, 15) is 9.59 Å². The van der Waals surface area contributed by atoms with E-state index in [1.54, 1.807) is 11.0 Å². The Morgan fingerprint density at radius 1 is 1.26 bits per heavy atom. The zero-order chi connectivity index (χ0) is 16.7. The Kier molecular flexibility index (Phi) is 6.20. The van der Waals surface area contributed by atoms with Crippen LogP contribution >= 0.6 is 0 Å². The molecule has 0 spiro atoms. The first-order valence-corrected chi connectivity index (χ1v) is 8.11. The van der Waals surface area contributed by atoms with E-state index in [1.165, 1.54) is 25.5 Å². The summed E-state index contributed by atoms with van der Waals surface area (Å²) in [4.78, 5) is 27.4. The number of hydrogen-bond acceptors (Lipinski definition) is 3. The van der Waals surface area contributed by atoms with Crippen molar-refractivity contribution in [3.63, 3.8) is 0 Å². The lowest BCUT2D eigenvalue weighted by molar-refractivity contribution is -0.128. The summed E-state index contributed by atoms with van der Waals surface area (Å²) in [6.45, 7) is 8.20. The highest BCUT2D eigenvalue weighted by Crippen LogP contribution is 2.22. The van der Waals surface area contributed by atoms with Gasteiger partial charge in [-0.05, 0) is 37.1 Å². The molecule has 0 atom stereocenters. The predicted molar refractivity (Wildman–Crippen MR) is 93.6 cm³/mol. The molecule has 2 amide bonds. The summed E-state index contributed by atoms with van der Waals surface area (Å²) >= 11 is 0.